The van der Waals surface area contributed by atoms with Crippen molar-refractivity contribution in [1.82, 2.24) is 0 Å². The van der Waals surface area contributed by atoms with Crippen LogP contribution in [0.4, 0.5) is 0 Å². The molecule has 4 fully saturated rings. The summed E-state index contributed by atoms with van der Waals surface area (Å²) in [6, 6.07) is 0. The van der Waals surface area contributed by atoms with E-state index in [0.717, 1.165) is 17.8 Å². The summed E-state index contributed by atoms with van der Waals surface area (Å²) >= 11 is 9.71. The van der Waals surface area contributed by atoms with Gasteiger partial charge in [0.1, 0.15) is 3.78 Å². The molecule has 4 aliphatic rings. The SMILES string of the molecule is OC1C2C3C2C3C2C1C2(Cl)Br. The van der Waals surface area contributed by atoms with Gasteiger partial charge in [-0.05, 0) is 29.6 Å². The Bertz CT molecular complexity index is 251. The van der Waals surface area contributed by atoms with Gasteiger partial charge in [-0.3, -0.25) is 0 Å². The third-order valence-electron chi connectivity index (χ3n) is 4.28. The molecule has 0 aromatic heterocycles. The Labute approximate surface area is 78.2 Å². The molecule has 0 heterocycles. The van der Waals surface area contributed by atoms with Gasteiger partial charge in [-0.15, -0.1) is 11.6 Å². The lowest BCUT2D eigenvalue weighted by Gasteiger charge is -2.22. The van der Waals surface area contributed by atoms with Gasteiger partial charge in [-0.25, -0.2) is 0 Å². The topological polar surface area (TPSA) is 20.2 Å². The number of rotatable bonds is 0. The Morgan fingerprint density at radius 3 is 2.27 bits per heavy atom. The Morgan fingerprint density at radius 2 is 1.73 bits per heavy atom. The predicted molar refractivity (Wildman–Crippen MR) is 44.5 cm³/mol. The molecule has 0 radical (unpaired) electrons. The highest BCUT2D eigenvalue weighted by molar-refractivity contribution is 9.10. The molecular formula is C8H8BrClO. The molecule has 0 aliphatic heterocycles. The number of hydrogen-bond donors (Lipinski definition) is 1. The van der Waals surface area contributed by atoms with Gasteiger partial charge in [-0.1, -0.05) is 15.9 Å². The number of alkyl halides is 2. The molecule has 0 saturated heterocycles. The number of aliphatic hydroxyl groups excluding tert-OH is 1. The number of halogens is 2. The van der Waals surface area contributed by atoms with Crippen molar-refractivity contribution in [3.05, 3.63) is 0 Å². The maximum Gasteiger partial charge on any atom is 0.108 e. The van der Waals surface area contributed by atoms with E-state index in [-0.39, 0.29) is 9.89 Å². The van der Waals surface area contributed by atoms with Crippen LogP contribution >= 0.6 is 27.5 Å². The molecule has 0 bridgehead atoms. The second-order valence-electron chi connectivity index (χ2n) is 4.53. The quantitative estimate of drug-likeness (QED) is 0.630. The van der Waals surface area contributed by atoms with Gasteiger partial charge in [0.2, 0.25) is 0 Å². The second-order valence-corrected chi connectivity index (χ2v) is 6.92. The van der Waals surface area contributed by atoms with Crippen LogP contribution in [0, 0.1) is 35.5 Å². The van der Waals surface area contributed by atoms with E-state index < -0.39 is 0 Å². The van der Waals surface area contributed by atoms with Crippen LogP contribution in [0.1, 0.15) is 0 Å². The summed E-state index contributed by atoms with van der Waals surface area (Å²) in [6.07, 6.45) is -0.0862. The molecule has 1 N–H and O–H groups in total. The Balaban J connectivity index is 1.79. The lowest BCUT2D eigenvalue weighted by atomic mass is 9.86. The lowest BCUT2D eigenvalue weighted by Crippen LogP contribution is -2.27. The monoisotopic (exact) mass is 234 g/mol. The smallest absolute Gasteiger partial charge is 0.108 e. The summed E-state index contributed by atoms with van der Waals surface area (Å²) in [5.41, 5.74) is 0. The molecule has 4 saturated carbocycles. The predicted octanol–water partition coefficient (Wildman–Crippen LogP) is 1.43. The highest BCUT2D eigenvalue weighted by atomic mass is 79.9. The van der Waals surface area contributed by atoms with Crippen molar-refractivity contribution < 1.29 is 5.11 Å². The molecular weight excluding hydrogens is 227 g/mol. The van der Waals surface area contributed by atoms with Crippen LogP contribution in [0.25, 0.3) is 0 Å². The van der Waals surface area contributed by atoms with Crippen molar-refractivity contribution in [2.45, 2.75) is 9.89 Å². The molecule has 6 atom stereocenters. The fourth-order valence-electron chi connectivity index (χ4n) is 3.62. The number of fused-ring (bicyclic) bond motifs is 4. The Hall–Kier alpha value is 0.730. The van der Waals surface area contributed by atoms with Crippen LogP contribution in [0.2, 0.25) is 0 Å². The molecule has 4 rings (SSSR count). The molecule has 0 aromatic rings. The van der Waals surface area contributed by atoms with Gasteiger partial charge >= 0.3 is 0 Å². The minimum absolute atomic E-state index is 0.0862. The molecule has 4 aliphatic carbocycles. The van der Waals surface area contributed by atoms with Gasteiger partial charge in [0.05, 0.1) is 6.10 Å². The fourth-order valence-corrected chi connectivity index (χ4v) is 5.12. The van der Waals surface area contributed by atoms with Crippen molar-refractivity contribution >= 4 is 27.5 Å². The maximum atomic E-state index is 9.77. The average molecular weight is 236 g/mol. The molecule has 3 heteroatoms. The van der Waals surface area contributed by atoms with Crippen LogP contribution in [0.3, 0.4) is 0 Å². The van der Waals surface area contributed by atoms with Gasteiger partial charge in [-0.2, -0.15) is 0 Å². The van der Waals surface area contributed by atoms with E-state index in [1.807, 2.05) is 0 Å². The van der Waals surface area contributed by atoms with Gasteiger partial charge < -0.3 is 5.11 Å². The van der Waals surface area contributed by atoms with Crippen molar-refractivity contribution in [3.8, 4) is 0 Å². The van der Waals surface area contributed by atoms with E-state index in [9.17, 15) is 5.11 Å². The third kappa shape index (κ3) is 0.448. The summed E-state index contributed by atoms with van der Waals surface area (Å²) in [6.45, 7) is 0. The van der Waals surface area contributed by atoms with Crippen LogP contribution in [-0.2, 0) is 0 Å². The summed E-state index contributed by atoms with van der Waals surface area (Å²) in [7, 11) is 0. The Morgan fingerprint density at radius 1 is 1.09 bits per heavy atom. The molecule has 0 spiro atoms. The van der Waals surface area contributed by atoms with Crippen LogP contribution < -0.4 is 0 Å². The Kier molecular flexibility index (Phi) is 0.748. The average Bonchev–Trinajstić information content (AvgIpc) is 2.69. The van der Waals surface area contributed by atoms with E-state index in [0.29, 0.717) is 17.8 Å². The number of hydrogen-bond acceptors (Lipinski definition) is 1. The summed E-state index contributed by atoms with van der Waals surface area (Å²) < 4.78 is -0.213. The summed E-state index contributed by atoms with van der Waals surface area (Å²) in [5.74, 6) is 4.27. The van der Waals surface area contributed by atoms with Gasteiger partial charge in [0.25, 0.3) is 0 Å². The van der Waals surface area contributed by atoms with Crippen molar-refractivity contribution in [2.24, 2.45) is 35.5 Å². The van der Waals surface area contributed by atoms with Crippen LogP contribution in [0.15, 0.2) is 0 Å². The van der Waals surface area contributed by atoms with E-state index in [1.54, 1.807) is 0 Å². The van der Waals surface area contributed by atoms with E-state index >= 15 is 0 Å². The maximum absolute atomic E-state index is 9.77. The number of aliphatic hydroxyl groups is 1. The van der Waals surface area contributed by atoms with Crippen LogP contribution in [0.5, 0.6) is 0 Å². The largest absolute Gasteiger partial charge is 0.392 e. The second kappa shape index (κ2) is 1.32. The zero-order valence-electron chi connectivity index (χ0n) is 5.74. The van der Waals surface area contributed by atoms with Crippen molar-refractivity contribution in [3.63, 3.8) is 0 Å². The normalized spacial score (nSPS) is 87.0. The van der Waals surface area contributed by atoms with Crippen molar-refractivity contribution in [2.75, 3.05) is 0 Å². The minimum Gasteiger partial charge on any atom is -0.392 e. The molecule has 11 heavy (non-hydrogen) atoms. The first-order chi connectivity index (χ1) is 5.15. The third-order valence-corrected chi connectivity index (χ3v) is 5.85. The highest BCUT2D eigenvalue weighted by Gasteiger charge is 2.91. The van der Waals surface area contributed by atoms with E-state index in [2.05, 4.69) is 15.9 Å². The minimum atomic E-state index is -0.213. The zero-order chi connectivity index (χ0) is 7.54. The van der Waals surface area contributed by atoms with Gasteiger partial charge in [0, 0.05) is 5.92 Å². The first kappa shape index (κ1) is 6.22. The first-order valence-electron chi connectivity index (χ1n) is 4.21. The molecule has 60 valence electrons. The van der Waals surface area contributed by atoms with E-state index in [4.69, 9.17) is 11.6 Å². The highest BCUT2D eigenvalue weighted by Crippen LogP contribution is 2.90. The molecule has 6 unspecified atom stereocenters. The lowest BCUT2D eigenvalue weighted by molar-refractivity contribution is 0.0596. The summed E-state index contributed by atoms with van der Waals surface area (Å²) in [4.78, 5) is 0. The molecule has 0 aromatic carbocycles. The standard InChI is InChI=1S/C8H8BrClO/c9-8(10)5-3-1-2(3)4(1)7(11)6(5)8/h1-7,11H. The van der Waals surface area contributed by atoms with Crippen LogP contribution in [-0.4, -0.2) is 15.0 Å². The van der Waals surface area contributed by atoms with Gasteiger partial charge in [0.15, 0.2) is 0 Å². The van der Waals surface area contributed by atoms with E-state index in [1.165, 1.54) is 0 Å². The first-order valence-corrected chi connectivity index (χ1v) is 5.38. The van der Waals surface area contributed by atoms with Crippen molar-refractivity contribution in [1.29, 1.82) is 0 Å². The summed E-state index contributed by atoms with van der Waals surface area (Å²) in [5, 5.41) is 9.77. The molecule has 0 amide bonds. The fraction of sp³-hybridized carbons (Fsp3) is 1.00. The molecule has 1 nitrogen and oxygen atoms in total. The zero-order valence-corrected chi connectivity index (χ0v) is 8.09.